The van der Waals surface area contributed by atoms with Gasteiger partial charge in [-0.1, -0.05) is 0 Å². The minimum atomic E-state index is -0.453. The normalized spacial score (nSPS) is 11.5. The molecular weight excluding hydrogens is 274 g/mol. The van der Waals surface area contributed by atoms with Crippen LogP contribution in [0.2, 0.25) is 0 Å². The Balaban J connectivity index is 2.33. The highest BCUT2D eigenvalue weighted by molar-refractivity contribution is 5.94. The van der Waals surface area contributed by atoms with Gasteiger partial charge in [0.15, 0.2) is 0 Å². The van der Waals surface area contributed by atoms with Crippen molar-refractivity contribution in [3.05, 3.63) is 35.5 Å². The van der Waals surface area contributed by atoms with Gasteiger partial charge in [-0.05, 0) is 41.8 Å². The number of ether oxygens (including phenoxy) is 1. The fourth-order valence-corrected chi connectivity index (χ4v) is 1.84. The van der Waals surface area contributed by atoms with Gasteiger partial charge in [-0.15, -0.1) is 0 Å². The number of aliphatic imine (C=N–C) groups is 1. The van der Waals surface area contributed by atoms with Gasteiger partial charge >= 0.3 is 11.6 Å². The maximum absolute atomic E-state index is 11.7. The van der Waals surface area contributed by atoms with Crippen LogP contribution in [0.15, 0.2) is 33.8 Å². The molecule has 0 bridgehead atoms. The second kappa shape index (κ2) is 6.17. The lowest BCUT2D eigenvalue weighted by Gasteiger charge is -2.00. The SMILES string of the molecule is COc1ccc(C[n+]2noc(/N=C(/C)[O-])c2C(C)=O)cc1. The van der Waals surface area contributed by atoms with Crippen molar-refractivity contribution in [3.8, 4) is 5.75 Å². The van der Waals surface area contributed by atoms with Crippen LogP contribution < -0.4 is 14.5 Å². The molecule has 0 aliphatic heterocycles. The Morgan fingerprint density at radius 2 is 2.05 bits per heavy atom. The van der Waals surface area contributed by atoms with E-state index in [1.807, 2.05) is 24.3 Å². The van der Waals surface area contributed by atoms with Crippen LogP contribution in [0.4, 0.5) is 5.88 Å². The third-order valence-electron chi connectivity index (χ3n) is 2.77. The van der Waals surface area contributed by atoms with Crippen molar-refractivity contribution in [3.63, 3.8) is 0 Å². The maximum Gasteiger partial charge on any atom is 0.342 e. The second-order valence-electron chi connectivity index (χ2n) is 4.42. The van der Waals surface area contributed by atoms with Crippen LogP contribution in [-0.4, -0.2) is 24.1 Å². The second-order valence-corrected chi connectivity index (χ2v) is 4.42. The zero-order valence-corrected chi connectivity index (χ0v) is 12.0. The summed E-state index contributed by atoms with van der Waals surface area (Å²) in [5.74, 6) is -0.0542. The van der Waals surface area contributed by atoms with E-state index in [9.17, 15) is 9.90 Å². The number of carbonyl (C=O) groups is 1. The van der Waals surface area contributed by atoms with E-state index in [-0.39, 0.29) is 17.4 Å². The number of Topliss-reactive ketones (excluding diaryl/α,β-unsaturated/α-hetero) is 1. The predicted octanol–water partition coefficient (Wildman–Crippen LogP) is 0.632. The van der Waals surface area contributed by atoms with Crippen LogP contribution in [0.5, 0.6) is 5.75 Å². The number of methoxy groups -OCH3 is 1. The lowest BCUT2D eigenvalue weighted by molar-refractivity contribution is -0.756. The van der Waals surface area contributed by atoms with E-state index in [0.717, 1.165) is 11.3 Å². The summed E-state index contributed by atoms with van der Waals surface area (Å²) in [5.41, 5.74) is 1.08. The Morgan fingerprint density at radius 1 is 1.38 bits per heavy atom. The first-order valence-corrected chi connectivity index (χ1v) is 6.27. The van der Waals surface area contributed by atoms with Gasteiger partial charge in [0, 0.05) is 12.5 Å². The van der Waals surface area contributed by atoms with Gasteiger partial charge in [0.25, 0.3) is 0 Å². The Hall–Kier alpha value is -2.70. The predicted molar refractivity (Wildman–Crippen MR) is 71.6 cm³/mol. The minimum Gasteiger partial charge on any atom is -0.862 e. The topological polar surface area (TPSA) is 91.6 Å². The highest BCUT2D eigenvalue weighted by Crippen LogP contribution is 2.16. The fraction of sp³-hybridized carbons (Fsp3) is 0.286. The van der Waals surface area contributed by atoms with Gasteiger partial charge in [-0.2, -0.15) is 0 Å². The number of ketones is 1. The first-order valence-electron chi connectivity index (χ1n) is 6.27. The van der Waals surface area contributed by atoms with Crippen LogP contribution in [0.25, 0.3) is 0 Å². The van der Waals surface area contributed by atoms with E-state index >= 15 is 0 Å². The number of carbonyl (C=O) groups excluding carboxylic acids is 1. The number of rotatable bonds is 5. The summed E-state index contributed by atoms with van der Waals surface area (Å²) in [6.45, 7) is 2.98. The number of hydrogen-bond acceptors (Lipinski definition) is 6. The van der Waals surface area contributed by atoms with Gasteiger partial charge in [-0.25, -0.2) is 4.99 Å². The minimum absolute atomic E-state index is 0.0662. The monoisotopic (exact) mass is 289 g/mol. The molecule has 7 nitrogen and oxygen atoms in total. The quantitative estimate of drug-likeness (QED) is 0.348. The first-order chi connectivity index (χ1) is 10.0. The average Bonchev–Trinajstić information content (AvgIpc) is 2.81. The summed E-state index contributed by atoms with van der Waals surface area (Å²) in [5, 5.41) is 14.8. The van der Waals surface area contributed by atoms with Crippen molar-refractivity contribution in [2.45, 2.75) is 20.4 Å². The summed E-state index contributed by atoms with van der Waals surface area (Å²) in [6, 6.07) is 7.33. The summed E-state index contributed by atoms with van der Waals surface area (Å²) in [6.07, 6.45) is 0. The van der Waals surface area contributed by atoms with E-state index in [1.54, 1.807) is 7.11 Å². The molecule has 0 spiro atoms. The third-order valence-corrected chi connectivity index (χ3v) is 2.77. The zero-order chi connectivity index (χ0) is 15.4. The molecule has 1 aromatic carbocycles. The van der Waals surface area contributed by atoms with Crippen LogP contribution in [0.1, 0.15) is 29.9 Å². The van der Waals surface area contributed by atoms with Crippen molar-refractivity contribution < 1.29 is 23.8 Å². The van der Waals surface area contributed by atoms with Crippen LogP contribution in [0.3, 0.4) is 0 Å². The molecule has 0 fully saturated rings. The lowest BCUT2D eigenvalue weighted by Crippen LogP contribution is -2.41. The number of aromatic nitrogens is 2. The molecule has 7 heteroatoms. The fourth-order valence-electron chi connectivity index (χ4n) is 1.84. The summed E-state index contributed by atoms with van der Waals surface area (Å²) in [7, 11) is 1.59. The first kappa shape index (κ1) is 14.7. The van der Waals surface area contributed by atoms with Gasteiger partial charge < -0.3 is 9.84 Å². The molecule has 2 aromatic rings. The van der Waals surface area contributed by atoms with E-state index in [0.29, 0.717) is 6.54 Å². The Bertz CT molecular complexity index is 670. The van der Waals surface area contributed by atoms with Crippen LogP contribution >= 0.6 is 0 Å². The molecular formula is C14H15N3O4. The highest BCUT2D eigenvalue weighted by Gasteiger charge is 2.28. The molecule has 110 valence electrons. The molecule has 0 unspecified atom stereocenters. The van der Waals surface area contributed by atoms with Crippen LogP contribution in [0, 0.1) is 0 Å². The Kier molecular flexibility index (Phi) is 4.32. The highest BCUT2D eigenvalue weighted by atomic mass is 16.5. The molecule has 21 heavy (non-hydrogen) atoms. The largest absolute Gasteiger partial charge is 0.862 e. The van der Waals surface area contributed by atoms with Crippen molar-refractivity contribution in [2.24, 2.45) is 4.99 Å². The summed E-state index contributed by atoms with van der Waals surface area (Å²) < 4.78 is 11.4. The van der Waals surface area contributed by atoms with Crippen molar-refractivity contribution in [1.82, 2.24) is 5.27 Å². The van der Waals surface area contributed by atoms with E-state index < -0.39 is 5.90 Å². The van der Waals surface area contributed by atoms with Crippen LogP contribution in [-0.2, 0) is 6.54 Å². The molecule has 0 aliphatic carbocycles. The van der Waals surface area contributed by atoms with E-state index in [2.05, 4.69) is 10.3 Å². The Labute approximate surface area is 121 Å². The van der Waals surface area contributed by atoms with Gasteiger partial charge in [-0.3, -0.25) is 9.32 Å². The number of benzene rings is 1. The maximum atomic E-state index is 11.7. The van der Waals surface area contributed by atoms with Gasteiger partial charge in [0.05, 0.1) is 7.11 Å². The molecule has 0 amide bonds. The molecule has 0 atom stereocenters. The number of nitrogens with zero attached hydrogens (tertiary/aromatic N) is 3. The molecule has 0 saturated carbocycles. The molecule has 0 N–H and O–H groups in total. The molecule has 0 radical (unpaired) electrons. The average molecular weight is 289 g/mol. The van der Waals surface area contributed by atoms with Crippen molar-refractivity contribution >= 4 is 17.6 Å². The number of hydrogen-bond donors (Lipinski definition) is 0. The zero-order valence-electron chi connectivity index (χ0n) is 12.0. The van der Waals surface area contributed by atoms with E-state index in [4.69, 9.17) is 9.26 Å². The third kappa shape index (κ3) is 3.44. The standard InChI is InChI=1S/C14H15N3O4/c1-9(18)13-14(15-10(2)19)21-16-17(13)8-11-4-6-12(20-3)7-5-11/h4-7H,8H2,1-3H3. The molecule has 0 aliphatic rings. The molecule has 2 rings (SSSR count). The Morgan fingerprint density at radius 3 is 2.57 bits per heavy atom. The van der Waals surface area contributed by atoms with Crippen molar-refractivity contribution in [1.29, 1.82) is 0 Å². The molecule has 0 saturated heterocycles. The van der Waals surface area contributed by atoms with Gasteiger partial charge in [0.2, 0.25) is 17.6 Å². The summed E-state index contributed by atoms with van der Waals surface area (Å²) >= 11 is 0. The molecule has 1 aromatic heterocycles. The molecule has 1 heterocycles. The van der Waals surface area contributed by atoms with E-state index in [1.165, 1.54) is 18.5 Å². The lowest BCUT2D eigenvalue weighted by atomic mass is 10.2. The van der Waals surface area contributed by atoms with Gasteiger partial charge in [0.1, 0.15) is 5.75 Å². The van der Waals surface area contributed by atoms with Crippen molar-refractivity contribution in [2.75, 3.05) is 7.11 Å². The summed E-state index contributed by atoms with van der Waals surface area (Å²) in [4.78, 5) is 15.3. The smallest absolute Gasteiger partial charge is 0.342 e.